The first kappa shape index (κ1) is 41.4. The van der Waals surface area contributed by atoms with Crippen LogP contribution in [0.2, 0.25) is 0 Å². The second-order valence-electron chi connectivity index (χ2n) is 23.5. The van der Waals surface area contributed by atoms with Gasteiger partial charge in [-0.3, -0.25) is 4.90 Å². The Hall–Kier alpha value is -5.36. The number of fused-ring (bicyclic) bond motifs is 11. The summed E-state index contributed by atoms with van der Waals surface area (Å²) in [6.45, 7) is 34.7. The molecule has 0 radical (unpaired) electrons. The molecule has 0 N–H and O–H groups in total. The SMILES string of the molecule is CC(C)(C)c1ccc(N2c3ccc(C(C)(C)C)cc3N3c4sc5cc6c(cc5c4N(c4ccc(C(C)(C)C)cc4)c4c3c2cc2c4C(C)(C)OC2(C)C)-c2ccccc2C6(C)C)cc1. The van der Waals surface area contributed by atoms with Crippen molar-refractivity contribution in [2.45, 2.75) is 137 Å². The lowest BCUT2D eigenvalue weighted by molar-refractivity contribution is -0.105. The van der Waals surface area contributed by atoms with E-state index in [2.05, 4.69) is 228 Å². The molecular formula is C59H63N3OS. The number of rotatable bonds is 2. The minimum atomic E-state index is -0.585. The molecule has 11 rings (SSSR count). The van der Waals surface area contributed by atoms with E-state index in [9.17, 15) is 0 Å². The Morgan fingerprint density at radius 2 is 1.03 bits per heavy atom. The summed E-state index contributed by atoms with van der Waals surface area (Å²) >= 11 is 1.94. The number of ether oxygens (including phenoxy) is 1. The number of anilines is 9. The Balaban J connectivity index is 1.31. The molecule has 0 spiro atoms. The van der Waals surface area contributed by atoms with E-state index in [0.717, 1.165) is 11.4 Å². The van der Waals surface area contributed by atoms with E-state index >= 15 is 0 Å². The molecule has 64 heavy (non-hydrogen) atoms. The molecule has 3 aliphatic heterocycles. The van der Waals surface area contributed by atoms with Gasteiger partial charge in [0.2, 0.25) is 0 Å². The summed E-state index contributed by atoms with van der Waals surface area (Å²) in [5, 5.41) is 2.52. The van der Waals surface area contributed by atoms with Gasteiger partial charge in [-0.1, -0.05) is 131 Å². The van der Waals surface area contributed by atoms with Gasteiger partial charge in [0.25, 0.3) is 0 Å². The number of hydrogen-bond acceptors (Lipinski definition) is 5. The molecule has 4 aliphatic rings. The van der Waals surface area contributed by atoms with Crippen LogP contribution in [0.4, 0.5) is 50.5 Å². The standard InChI is InChI=1S/C59H63N3OS/c1-54(2,3)34-20-25-37(26-21-34)60-45-29-24-36(56(7,8)9)30-46(45)62-51-47(60)32-44-49(59(14,15)63-58(44,12)13)52(51)61(38-27-22-35(23-28-38)55(4,5)6)50-41-31-40-39-18-16-17-19-42(39)57(10,11)43(40)33-48(41)64-53(50)62/h16-33H,1-15H3. The van der Waals surface area contributed by atoms with Gasteiger partial charge in [0.05, 0.1) is 45.3 Å². The van der Waals surface area contributed by atoms with Crippen LogP contribution < -0.4 is 14.7 Å². The second-order valence-corrected chi connectivity index (χ2v) is 24.5. The zero-order valence-electron chi connectivity index (χ0n) is 40.6. The predicted molar refractivity (Wildman–Crippen MR) is 274 cm³/mol. The largest absolute Gasteiger partial charge is 0.360 e. The van der Waals surface area contributed by atoms with Crippen LogP contribution >= 0.6 is 11.3 Å². The lowest BCUT2D eigenvalue weighted by Crippen LogP contribution is -2.32. The third-order valence-corrected chi connectivity index (χ3v) is 15.9. The molecule has 6 aromatic carbocycles. The highest BCUT2D eigenvalue weighted by Gasteiger charge is 2.52. The molecular weight excluding hydrogens is 799 g/mol. The van der Waals surface area contributed by atoms with Gasteiger partial charge >= 0.3 is 0 Å². The van der Waals surface area contributed by atoms with Crippen LogP contribution in [0.3, 0.4) is 0 Å². The highest BCUT2D eigenvalue weighted by atomic mass is 32.1. The Labute approximate surface area is 385 Å². The van der Waals surface area contributed by atoms with E-state index in [-0.39, 0.29) is 21.7 Å². The molecule has 0 saturated heterocycles. The maximum absolute atomic E-state index is 7.23. The van der Waals surface area contributed by atoms with Crippen molar-refractivity contribution in [1.29, 1.82) is 0 Å². The summed E-state index contributed by atoms with van der Waals surface area (Å²) in [5.74, 6) is 0. The van der Waals surface area contributed by atoms with Crippen molar-refractivity contribution < 1.29 is 4.74 Å². The van der Waals surface area contributed by atoms with Gasteiger partial charge in [-0.15, -0.1) is 11.3 Å². The summed E-state index contributed by atoms with van der Waals surface area (Å²) in [5.41, 5.74) is 20.1. The van der Waals surface area contributed by atoms with E-state index in [1.54, 1.807) is 0 Å². The van der Waals surface area contributed by atoms with Crippen molar-refractivity contribution in [2.24, 2.45) is 0 Å². The summed E-state index contributed by atoms with van der Waals surface area (Å²) in [4.78, 5) is 7.83. The number of benzene rings is 6. The number of hydrogen-bond donors (Lipinski definition) is 0. The highest BCUT2D eigenvalue weighted by molar-refractivity contribution is 7.24. The van der Waals surface area contributed by atoms with E-state index < -0.39 is 11.2 Å². The van der Waals surface area contributed by atoms with Crippen molar-refractivity contribution in [3.8, 4) is 11.1 Å². The maximum atomic E-state index is 7.23. The van der Waals surface area contributed by atoms with Crippen molar-refractivity contribution in [1.82, 2.24) is 0 Å². The summed E-state index contributed by atoms with van der Waals surface area (Å²) in [6, 6.07) is 42.6. The molecule has 0 bridgehead atoms. The molecule has 4 nitrogen and oxygen atoms in total. The third-order valence-electron chi connectivity index (χ3n) is 14.8. The summed E-state index contributed by atoms with van der Waals surface area (Å²) in [7, 11) is 0. The van der Waals surface area contributed by atoms with Gasteiger partial charge in [0.1, 0.15) is 5.00 Å². The molecule has 0 unspecified atom stereocenters. The average Bonchev–Trinajstić information content (AvgIpc) is 3.76. The fourth-order valence-electron chi connectivity index (χ4n) is 11.4. The Bertz CT molecular complexity index is 3110. The molecule has 1 aliphatic carbocycles. The molecule has 7 aromatic rings. The second kappa shape index (κ2) is 12.9. The van der Waals surface area contributed by atoms with Crippen LogP contribution in [0.5, 0.6) is 0 Å². The Morgan fingerprint density at radius 1 is 0.453 bits per heavy atom. The molecule has 1 aromatic heterocycles. The third kappa shape index (κ3) is 5.75. The van der Waals surface area contributed by atoms with E-state index in [1.165, 1.54) is 99.3 Å². The molecule has 4 heterocycles. The van der Waals surface area contributed by atoms with Crippen molar-refractivity contribution in [3.63, 3.8) is 0 Å². The van der Waals surface area contributed by atoms with E-state index in [4.69, 9.17) is 4.74 Å². The minimum Gasteiger partial charge on any atom is -0.360 e. The van der Waals surface area contributed by atoms with Crippen LogP contribution in [0.1, 0.15) is 143 Å². The Morgan fingerprint density at radius 3 is 1.64 bits per heavy atom. The minimum absolute atomic E-state index is 0.0166. The first-order valence-corrected chi connectivity index (χ1v) is 24.1. The molecule has 0 atom stereocenters. The molecule has 0 fully saturated rings. The molecule has 0 saturated carbocycles. The number of thiophene rings is 1. The van der Waals surface area contributed by atoms with Crippen molar-refractivity contribution in [3.05, 3.63) is 148 Å². The van der Waals surface area contributed by atoms with Crippen LogP contribution in [0.25, 0.3) is 21.2 Å². The first-order valence-electron chi connectivity index (χ1n) is 23.3. The van der Waals surface area contributed by atoms with E-state index in [0.29, 0.717) is 0 Å². The first-order chi connectivity index (χ1) is 29.9. The molecule has 326 valence electrons. The fraction of sp³-hybridized carbons (Fsp3) is 0.356. The molecule has 0 amide bonds. The van der Waals surface area contributed by atoms with Gasteiger partial charge in [-0.2, -0.15) is 0 Å². The molecule has 5 heteroatoms. The van der Waals surface area contributed by atoms with Gasteiger partial charge in [0.15, 0.2) is 0 Å². The zero-order valence-corrected chi connectivity index (χ0v) is 41.4. The van der Waals surface area contributed by atoms with Gasteiger partial charge in [-0.05, 0) is 143 Å². The lowest BCUT2D eigenvalue weighted by Gasteiger charge is -2.47. The van der Waals surface area contributed by atoms with Gasteiger partial charge in [0, 0.05) is 32.4 Å². The predicted octanol–water partition coefficient (Wildman–Crippen LogP) is 17.6. The summed E-state index contributed by atoms with van der Waals surface area (Å²) < 4.78 is 8.53. The topological polar surface area (TPSA) is 19.0 Å². The normalized spacial score (nSPS) is 17.5. The zero-order chi connectivity index (χ0) is 45.4. The Kier molecular flexibility index (Phi) is 8.35. The lowest BCUT2D eigenvalue weighted by atomic mass is 9.82. The van der Waals surface area contributed by atoms with Gasteiger partial charge < -0.3 is 14.5 Å². The highest BCUT2D eigenvalue weighted by Crippen LogP contribution is 2.71. The van der Waals surface area contributed by atoms with Crippen LogP contribution in [0, 0.1) is 0 Å². The maximum Gasteiger partial charge on any atom is 0.126 e. The fourth-order valence-corrected chi connectivity index (χ4v) is 12.6. The van der Waals surface area contributed by atoms with Crippen LogP contribution in [-0.4, -0.2) is 0 Å². The van der Waals surface area contributed by atoms with Crippen molar-refractivity contribution in [2.75, 3.05) is 14.7 Å². The van der Waals surface area contributed by atoms with Gasteiger partial charge in [-0.25, -0.2) is 0 Å². The average molecular weight is 862 g/mol. The monoisotopic (exact) mass is 861 g/mol. The quantitative estimate of drug-likeness (QED) is 0.172. The van der Waals surface area contributed by atoms with Crippen LogP contribution in [0.15, 0.2) is 109 Å². The van der Waals surface area contributed by atoms with Crippen molar-refractivity contribution >= 4 is 71.9 Å². The summed E-state index contributed by atoms with van der Waals surface area (Å²) in [6.07, 6.45) is 0. The van der Waals surface area contributed by atoms with Crippen LogP contribution in [-0.2, 0) is 37.6 Å². The smallest absolute Gasteiger partial charge is 0.126 e. The van der Waals surface area contributed by atoms with E-state index in [1.807, 2.05) is 11.3 Å². The number of nitrogens with zero attached hydrogens (tertiary/aromatic N) is 3.